The Morgan fingerprint density at radius 1 is 1.33 bits per heavy atom. The van der Waals surface area contributed by atoms with Gasteiger partial charge in [-0.3, -0.25) is 0 Å². The molecule has 2 aromatic rings. The van der Waals surface area contributed by atoms with Gasteiger partial charge in [0.05, 0.1) is 7.11 Å². The molecule has 0 aliphatic heterocycles. The second-order valence-electron chi connectivity index (χ2n) is 3.52. The summed E-state index contributed by atoms with van der Waals surface area (Å²) in [5, 5.41) is 4.01. The Bertz CT molecular complexity index is 487. The zero-order valence-electron chi connectivity index (χ0n) is 10.1. The van der Waals surface area contributed by atoms with Crippen LogP contribution in [0.3, 0.4) is 0 Å². The first-order valence-electron chi connectivity index (χ1n) is 5.52. The average Bonchev–Trinajstić information content (AvgIpc) is 2.76. The fourth-order valence-corrected chi connectivity index (χ4v) is 2.16. The van der Waals surface area contributed by atoms with Gasteiger partial charge < -0.3 is 20.5 Å². The van der Waals surface area contributed by atoms with Crippen molar-refractivity contribution in [3.8, 4) is 11.5 Å². The molecule has 0 atom stereocenters. The Hall–Kier alpha value is -1.95. The number of nitrogens with two attached hydrogens (primary N) is 1. The van der Waals surface area contributed by atoms with E-state index in [4.69, 9.17) is 15.2 Å². The number of para-hydroxylation sites is 1. The maximum atomic E-state index is 5.65. The Balaban J connectivity index is 1.78. The van der Waals surface area contributed by atoms with Gasteiger partial charge in [-0.05, 0) is 23.7 Å². The smallest absolute Gasteiger partial charge is 0.197 e. The summed E-state index contributed by atoms with van der Waals surface area (Å²) in [6.07, 6.45) is 0. The van der Waals surface area contributed by atoms with Crippen molar-refractivity contribution in [1.82, 2.24) is 4.37 Å². The quantitative estimate of drug-likeness (QED) is 0.784. The number of anilines is 2. The van der Waals surface area contributed by atoms with Crippen molar-refractivity contribution in [1.29, 1.82) is 0 Å². The Labute approximate surface area is 110 Å². The molecule has 1 heterocycles. The third-order valence-corrected chi connectivity index (χ3v) is 3.08. The fourth-order valence-electron chi connectivity index (χ4n) is 1.45. The summed E-state index contributed by atoms with van der Waals surface area (Å²) in [5.41, 5.74) is 5.65. The second-order valence-corrected chi connectivity index (χ2v) is 4.29. The third-order valence-electron chi connectivity index (χ3n) is 2.28. The molecule has 0 amide bonds. The molecule has 0 bridgehead atoms. The monoisotopic (exact) mass is 265 g/mol. The van der Waals surface area contributed by atoms with E-state index >= 15 is 0 Å². The number of aromatic nitrogens is 1. The molecule has 0 aliphatic rings. The van der Waals surface area contributed by atoms with Gasteiger partial charge in [-0.15, -0.1) is 0 Å². The highest BCUT2D eigenvalue weighted by atomic mass is 32.1. The van der Waals surface area contributed by atoms with Gasteiger partial charge in [-0.1, -0.05) is 18.2 Å². The van der Waals surface area contributed by atoms with Crippen molar-refractivity contribution in [2.75, 3.05) is 31.3 Å². The first-order chi connectivity index (χ1) is 8.81. The van der Waals surface area contributed by atoms with Crippen LogP contribution in [-0.4, -0.2) is 24.6 Å². The minimum absolute atomic E-state index is 0.411. The lowest BCUT2D eigenvalue weighted by molar-refractivity contribution is 0.332. The molecule has 1 aromatic carbocycles. The van der Waals surface area contributed by atoms with Gasteiger partial charge in [0.25, 0.3) is 0 Å². The van der Waals surface area contributed by atoms with Crippen molar-refractivity contribution >= 4 is 22.4 Å². The zero-order chi connectivity index (χ0) is 12.8. The van der Waals surface area contributed by atoms with Crippen LogP contribution >= 0.6 is 11.5 Å². The third kappa shape index (κ3) is 3.04. The van der Waals surface area contributed by atoms with Crippen molar-refractivity contribution in [3.05, 3.63) is 30.3 Å². The van der Waals surface area contributed by atoms with Gasteiger partial charge >= 0.3 is 0 Å². The van der Waals surface area contributed by atoms with Crippen molar-refractivity contribution in [2.45, 2.75) is 0 Å². The molecule has 0 spiro atoms. The highest BCUT2D eigenvalue weighted by Crippen LogP contribution is 2.34. The van der Waals surface area contributed by atoms with Gasteiger partial charge in [-0.25, -0.2) is 0 Å². The van der Waals surface area contributed by atoms with Crippen molar-refractivity contribution in [3.63, 3.8) is 0 Å². The van der Waals surface area contributed by atoms with E-state index in [0.29, 0.717) is 24.7 Å². The second kappa shape index (κ2) is 6.11. The minimum Gasteiger partial charge on any atom is -0.492 e. The van der Waals surface area contributed by atoms with Gasteiger partial charge in [0.2, 0.25) is 0 Å². The number of rotatable bonds is 6. The Morgan fingerprint density at radius 3 is 2.83 bits per heavy atom. The topological polar surface area (TPSA) is 69.4 Å². The van der Waals surface area contributed by atoms with E-state index in [1.807, 2.05) is 30.3 Å². The molecular formula is C12H15N3O2S. The lowest BCUT2D eigenvalue weighted by atomic mass is 10.3. The molecule has 1 aromatic heterocycles. The number of hydrogen-bond acceptors (Lipinski definition) is 6. The Kier molecular flexibility index (Phi) is 4.25. The van der Waals surface area contributed by atoms with Gasteiger partial charge in [-0.2, -0.15) is 4.37 Å². The summed E-state index contributed by atoms with van der Waals surface area (Å²) >= 11 is 1.28. The number of methoxy groups -OCH3 is 1. The molecule has 5 nitrogen and oxygen atoms in total. The summed E-state index contributed by atoms with van der Waals surface area (Å²) in [4.78, 5) is 0. The molecule has 18 heavy (non-hydrogen) atoms. The Morgan fingerprint density at radius 2 is 2.11 bits per heavy atom. The maximum absolute atomic E-state index is 5.65. The number of ether oxygens (including phenoxy) is 2. The molecule has 0 aliphatic carbocycles. The standard InChI is InChI=1S/C12H15N3O2S/c1-16-10-11(13)15-18-12(10)14-7-8-17-9-5-3-2-4-6-9/h2-6,14H,7-8H2,1H3,(H2,13,15). The van der Waals surface area contributed by atoms with Crippen LogP contribution in [-0.2, 0) is 0 Å². The molecule has 0 saturated carbocycles. The summed E-state index contributed by atoms with van der Waals surface area (Å²) in [6.45, 7) is 1.22. The van der Waals surface area contributed by atoms with Crippen LogP contribution in [0.15, 0.2) is 30.3 Å². The van der Waals surface area contributed by atoms with Crippen LogP contribution in [0.5, 0.6) is 11.5 Å². The van der Waals surface area contributed by atoms with E-state index < -0.39 is 0 Å². The molecule has 0 fully saturated rings. The number of nitrogens with zero attached hydrogens (tertiary/aromatic N) is 1. The van der Waals surface area contributed by atoms with E-state index in [0.717, 1.165) is 10.8 Å². The molecule has 96 valence electrons. The highest BCUT2D eigenvalue weighted by molar-refractivity contribution is 7.11. The number of benzene rings is 1. The largest absolute Gasteiger partial charge is 0.492 e. The zero-order valence-corrected chi connectivity index (χ0v) is 10.9. The molecule has 0 saturated heterocycles. The first kappa shape index (κ1) is 12.5. The number of nitrogens with one attached hydrogen (secondary N) is 1. The predicted molar refractivity (Wildman–Crippen MR) is 73.5 cm³/mol. The highest BCUT2D eigenvalue weighted by Gasteiger charge is 2.10. The molecular weight excluding hydrogens is 250 g/mol. The van der Waals surface area contributed by atoms with E-state index in [1.54, 1.807) is 7.11 Å². The van der Waals surface area contributed by atoms with E-state index in [1.165, 1.54) is 11.5 Å². The number of nitrogen functional groups attached to an aromatic ring is 1. The maximum Gasteiger partial charge on any atom is 0.197 e. The van der Waals surface area contributed by atoms with Crippen LogP contribution in [0, 0.1) is 0 Å². The van der Waals surface area contributed by atoms with Crippen LogP contribution in [0.1, 0.15) is 0 Å². The van der Waals surface area contributed by atoms with Gasteiger partial charge in [0.1, 0.15) is 12.4 Å². The molecule has 2 rings (SSSR count). The fraction of sp³-hybridized carbons (Fsp3) is 0.250. The minimum atomic E-state index is 0.411. The van der Waals surface area contributed by atoms with E-state index in [9.17, 15) is 0 Å². The SMILES string of the molecule is COc1c(N)nsc1NCCOc1ccccc1. The molecule has 6 heteroatoms. The summed E-state index contributed by atoms with van der Waals surface area (Å²) in [6, 6.07) is 9.68. The van der Waals surface area contributed by atoms with Crippen molar-refractivity contribution < 1.29 is 9.47 Å². The van der Waals surface area contributed by atoms with Crippen LogP contribution < -0.4 is 20.5 Å². The normalized spacial score (nSPS) is 10.1. The van der Waals surface area contributed by atoms with E-state index in [2.05, 4.69) is 9.69 Å². The molecule has 0 unspecified atom stereocenters. The summed E-state index contributed by atoms with van der Waals surface area (Å²) in [7, 11) is 1.58. The summed E-state index contributed by atoms with van der Waals surface area (Å²) in [5.74, 6) is 1.86. The lowest BCUT2D eigenvalue weighted by Gasteiger charge is -2.08. The van der Waals surface area contributed by atoms with Crippen LogP contribution in [0.2, 0.25) is 0 Å². The van der Waals surface area contributed by atoms with Gasteiger partial charge in [0.15, 0.2) is 16.6 Å². The van der Waals surface area contributed by atoms with E-state index in [-0.39, 0.29) is 0 Å². The summed E-state index contributed by atoms with van der Waals surface area (Å²) < 4.78 is 14.7. The van der Waals surface area contributed by atoms with Crippen molar-refractivity contribution in [2.24, 2.45) is 0 Å². The van der Waals surface area contributed by atoms with Crippen LogP contribution in [0.25, 0.3) is 0 Å². The molecule has 0 radical (unpaired) electrons. The lowest BCUT2D eigenvalue weighted by Crippen LogP contribution is -2.11. The van der Waals surface area contributed by atoms with Gasteiger partial charge in [0, 0.05) is 6.54 Å². The predicted octanol–water partition coefficient (Wildman–Crippen LogP) is 2.22. The molecule has 3 N–H and O–H groups in total. The average molecular weight is 265 g/mol. The van der Waals surface area contributed by atoms with Crippen LogP contribution in [0.4, 0.5) is 10.8 Å². The number of hydrogen-bond donors (Lipinski definition) is 2. The first-order valence-corrected chi connectivity index (χ1v) is 6.29.